The Hall–Kier alpha value is 0.983. The Morgan fingerprint density at radius 1 is 1.20 bits per heavy atom. The van der Waals surface area contributed by atoms with Gasteiger partial charge in [0.05, 0.1) is 0 Å². The zero-order valence-electron chi connectivity index (χ0n) is 8.20. The number of rotatable bonds is 4. The van der Waals surface area contributed by atoms with E-state index in [1.807, 2.05) is 0 Å². The molecule has 0 saturated heterocycles. The maximum absolute atomic E-state index is 2.49. The quantitative estimate of drug-likeness (QED) is 0.566. The molecule has 0 unspecified atom stereocenters. The van der Waals surface area contributed by atoms with Crippen molar-refractivity contribution in [3.05, 3.63) is 0 Å². The van der Waals surface area contributed by atoms with E-state index in [4.69, 9.17) is 0 Å². The van der Waals surface area contributed by atoms with Crippen molar-refractivity contribution in [2.45, 2.75) is 42.2 Å². The van der Waals surface area contributed by atoms with Crippen molar-refractivity contribution in [2.75, 3.05) is 0 Å². The second kappa shape index (κ2) is 4.78. The highest BCUT2D eigenvalue weighted by molar-refractivity contribution is 6.83. The zero-order chi connectivity index (χ0) is 8.20. The first-order chi connectivity index (χ1) is 4.42. The van der Waals surface area contributed by atoms with Crippen LogP contribution in [0.1, 0.15) is 13.8 Å². The maximum atomic E-state index is 2.49. The molecule has 0 N–H and O–H groups in total. The summed E-state index contributed by atoms with van der Waals surface area (Å²) in [6, 6.07) is 0. The Bertz CT molecular complexity index is 83.7. The predicted octanol–water partition coefficient (Wildman–Crippen LogP) is 3.06. The van der Waals surface area contributed by atoms with E-state index in [2.05, 4.69) is 33.5 Å². The van der Waals surface area contributed by atoms with E-state index in [1.165, 1.54) is 0 Å². The second-order valence-electron chi connectivity index (χ2n) is 4.85. The summed E-state index contributed by atoms with van der Waals surface area (Å²) in [5.41, 5.74) is 0. The van der Waals surface area contributed by atoms with Gasteiger partial charge in [0.2, 0.25) is 0 Å². The van der Waals surface area contributed by atoms with Gasteiger partial charge in [-0.1, -0.05) is 39.4 Å². The fraction of sp³-hybridized carbons (Fsp3) is 1.00. The fourth-order valence-electron chi connectivity index (χ4n) is 1.04. The molecule has 0 atom stereocenters. The van der Waals surface area contributed by atoms with Crippen LogP contribution in [0.3, 0.4) is 0 Å². The smallest absolute Gasteiger partial charge is 0.150 e. The van der Waals surface area contributed by atoms with E-state index in [0.29, 0.717) is 20.4 Å². The third-order valence-electron chi connectivity index (χ3n) is 1.71. The molecule has 0 nitrogen and oxygen atoms in total. The van der Waals surface area contributed by atoms with Crippen LogP contribution in [0.2, 0.25) is 28.4 Å². The molecule has 0 saturated carbocycles. The monoisotopic (exact) mass is 168 g/mol. The van der Waals surface area contributed by atoms with Crippen molar-refractivity contribution < 1.29 is 0 Å². The Balaban J connectivity index is 3.21. The molecule has 0 aliphatic heterocycles. The van der Waals surface area contributed by atoms with Crippen LogP contribution < -0.4 is 0 Å². The van der Waals surface area contributed by atoms with Crippen molar-refractivity contribution in [1.82, 2.24) is 0 Å². The van der Waals surface area contributed by atoms with Crippen LogP contribution in [-0.4, -0.2) is 28.4 Å². The van der Waals surface area contributed by atoms with Gasteiger partial charge in [0, 0.05) is 8.07 Å². The third-order valence-corrected chi connectivity index (χ3v) is 10.7. The SMILES string of the molecule is CC(C)[CH2][Mg][CH2][Si](C)(C)C. The fourth-order valence-corrected chi connectivity index (χ4v) is 6.92. The van der Waals surface area contributed by atoms with E-state index >= 15 is 0 Å². The van der Waals surface area contributed by atoms with E-state index in [1.54, 1.807) is 8.72 Å². The van der Waals surface area contributed by atoms with Crippen molar-refractivity contribution in [1.29, 1.82) is 0 Å². The minimum atomic E-state index is -0.662. The summed E-state index contributed by atoms with van der Waals surface area (Å²) in [6.45, 7) is 12.1. The lowest BCUT2D eigenvalue weighted by Gasteiger charge is -2.15. The summed E-state index contributed by atoms with van der Waals surface area (Å²) in [6.07, 6.45) is 0. The van der Waals surface area contributed by atoms with Crippen LogP contribution in [0.5, 0.6) is 0 Å². The van der Waals surface area contributed by atoms with Crippen LogP contribution in [0.4, 0.5) is 0 Å². The molecule has 0 radical (unpaired) electrons. The van der Waals surface area contributed by atoms with Crippen LogP contribution in [0, 0.1) is 5.92 Å². The Morgan fingerprint density at radius 2 is 1.70 bits per heavy atom. The van der Waals surface area contributed by atoms with Crippen molar-refractivity contribution >= 4 is 28.4 Å². The first kappa shape index (κ1) is 11.0. The van der Waals surface area contributed by atoms with Crippen molar-refractivity contribution in [3.63, 3.8) is 0 Å². The van der Waals surface area contributed by atoms with Gasteiger partial charge in [-0.2, -0.15) is 0 Å². The van der Waals surface area contributed by atoms with Gasteiger partial charge in [0.25, 0.3) is 0 Å². The summed E-state index contributed by atoms with van der Waals surface area (Å²) in [7, 11) is -0.662. The number of hydrogen-bond acceptors (Lipinski definition) is 0. The standard InChI is InChI=1S/C4H11Si.C4H9.Mg/c1-5(2,3)4;1-4(2)3;/h1H2,2-4H3;4H,1H2,2-3H3;. The Labute approximate surface area is 76.5 Å². The molecule has 0 heterocycles. The molecule has 2 heteroatoms. The molecule has 0 aromatic heterocycles. The molecule has 0 amide bonds. The molecule has 0 spiro atoms. The second-order valence-corrected chi connectivity index (χ2v) is 13.3. The third kappa shape index (κ3) is 8.98. The van der Waals surface area contributed by atoms with Gasteiger partial charge in [-0.05, 0) is 0 Å². The minimum absolute atomic E-state index is 0.321. The average Bonchev–Trinajstić information content (AvgIpc) is 1.59. The van der Waals surface area contributed by atoms with Gasteiger partial charge in [-0.3, -0.25) is 0 Å². The summed E-state index contributed by atoms with van der Waals surface area (Å²) < 4.78 is 3.20. The van der Waals surface area contributed by atoms with Crippen LogP contribution in [-0.2, 0) is 0 Å². The Kier molecular flexibility index (Phi) is 5.25. The minimum Gasteiger partial charge on any atom is -0.150 e. The highest BCUT2D eigenvalue weighted by Crippen LogP contribution is 2.09. The molecular weight excluding hydrogens is 148 g/mol. The van der Waals surface area contributed by atoms with Gasteiger partial charge in [0.1, 0.15) is 0 Å². The van der Waals surface area contributed by atoms with Gasteiger partial charge < -0.3 is 0 Å². The molecule has 0 aromatic rings. The van der Waals surface area contributed by atoms with Crippen molar-refractivity contribution in [3.8, 4) is 0 Å². The molecular formula is C8H20MgSi. The highest BCUT2D eigenvalue weighted by Gasteiger charge is 2.13. The molecule has 10 heavy (non-hydrogen) atoms. The van der Waals surface area contributed by atoms with Gasteiger partial charge >= 0.3 is 20.4 Å². The molecule has 58 valence electrons. The first-order valence-corrected chi connectivity index (χ1v) is 10.1. The summed E-state index contributed by atoms with van der Waals surface area (Å²) in [5.74, 6) is 0.961. The molecule has 0 fully saturated rings. The lowest BCUT2D eigenvalue weighted by molar-refractivity contribution is 0.731. The van der Waals surface area contributed by atoms with Crippen LogP contribution in [0.25, 0.3) is 0 Å². The van der Waals surface area contributed by atoms with E-state index in [-0.39, 0.29) is 0 Å². The Morgan fingerprint density at radius 3 is 2.00 bits per heavy atom. The van der Waals surface area contributed by atoms with Gasteiger partial charge in [0.15, 0.2) is 0 Å². The van der Waals surface area contributed by atoms with Gasteiger partial charge in [-0.15, -0.1) is 8.72 Å². The summed E-state index contributed by atoms with van der Waals surface area (Å²) in [4.78, 5) is 0. The molecule has 0 aliphatic rings. The van der Waals surface area contributed by atoms with E-state index in [0.717, 1.165) is 5.92 Å². The summed E-state index contributed by atoms with van der Waals surface area (Å²) >= 11 is 0.321. The van der Waals surface area contributed by atoms with E-state index in [9.17, 15) is 0 Å². The maximum Gasteiger partial charge on any atom is 0.361 e. The molecule has 0 aromatic carbocycles. The lowest BCUT2D eigenvalue weighted by atomic mass is 10.3. The highest BCUT2D eigenvalue weighted by atomic mass is 28.3. The molecule has 0 aliphatic carbocycles. The number of hydrogen-bond donors (Lipinski definition) is 0. The average molecular weight is 169 g/mol. The summed E-state index contributed by atoms with van der Waals surface area (Å²) in [5, 5.41) is 0. The van der Waals surface area contributed by atoms with Crippen LogP contribution >= 0.6 is 0 Å². The van der Waals surface area contributed by atoms with E-state index < -0.39 is 8.07 Å². The molecule has 0 bridgehead atoms. The predicted molar refractivity (Wildman–Crippen MR) is 53.6 cm³/mol. The largest absolute Gasteiger partial charge is 0.361 e. The lowest BCUT2D eigenvalue weighted by Crippen LogP contribution is -2.22. The van der Waals surface area contributed by atoms with Crippen molar-refractivity contribution in [2.24, 2.45) is 5.92 Å². The topological polar surface area (TPSA) is 0 Å². The van der Waals surface area contributed by atoms with Gasteiger partial charge in [-0.25, -0.2) is 0 Å². The molecule has 0 rings (SSSR count). The zero-order valence-corrected chi connectivity index (χ0v) is 10.6. The first-order valence-electron chi connectivity index (χ1n) is 4.42. The normalized spacial score (nSPS) is 11.8. The van der Waals surface area contributed by atoms with Crippen LogP contribution in [0.15, 0.2) is 0 Å².